The predicted molar refractivity (Wildman–Crippen MR) is 183 cm³/mol. The van der Waals surface area contributed by atoms with Crippen LogP contribution in [0.5, 0.6) is 5.75 Å². The Kier molecular flexibility index (Phi) is 12.3. The van der Waals surface area contributed by atoms with Crippen molar-refractivity contribution < 1.29 is 18.2 Å². The molecule has 1 heterocycles. The number of nitrogens with one attached hydrogen (secondary N) is 1. The number of hydrogen-bond acceptors (Lipinski definition) is 6. The van der Waals surface area contributed by atoms with Gasteiger partial charge in [0.2, 0.25) is 5.91 Å². The monoisotopic (exact) mass is 639 g/mol. The maximum Gasteiger partial charge on any atom is 0.678 e. The zero-order valence-corrected chi connectivity index (χ0v) is 26.8. The summed E-state index contributed by atoms with van der Waals surface area (Å²) >= 11 is 1.59. The molecule has 1 aromatic heterocycles. The number of hydrogen-bond donors (Lipinski definition) is 2. The van der Waals surface area contributed by atoms with Crippen molar-refractivity contribution in [1.82, 2.24) is 9.79 Å². The van der Waals surface area contributed by atoms with E-state index in [1.807, 2.05) is 60.7 Å². The van der Waals surface area contributed by atoms with Gasteiger partial charge in [0.1, 0.15) is 11.2 Å². The fourth-order valence-corrected chi connectivity index (χ4v) is 6.22. The van der Waals surface area contributed by atoms with E-state index in [4.69, 9.17) is 10.5 Å². The Bertz CT molecular complexity index is 1710. The molecule has 0 spiro atoms. The smallest absolute Gasteiger partial charge is 0.497 e. The molecule has 236 valence electrons. The normalized spacial score (nSPS) is 12.0. The molecular weight excluding hydrogens is 603 g/mol. The quantitative estimate of drug-likeness (QED) is 0.0537. The lowest BCUT2D eigenvalue weighted by Crippen LogP contribution is -2.43. The van der Waals surface area contributed by atoms with Gasteiger partial charge in [-0.25, -0.2) is 0 Å². The van der Waals surface area contributed by atoms with Crippen molar-refractivity contribution in [2.45, 2.75) is 31.1 Å². The van der Waals surface area contributed by atoms with E-state index in [9.17, 15) is 13.4 Å². The summed E-state index contributed by atoms with van der Waals surface area (Å²) in [6, 6.07) is 30.5. The second-order valence-corrected chi connectivity index (χ2v) is 11.7. The maximum atomic E-state index is 13.5. The van der Waals surface area contributed by atoms with Gasteiger partial charge in [-0.3, -0.25) is 13.4 Å². The summed E-state index contributed by atoms with van der Waals surface area (Å²) < 4.78 is 32.6. The van der Waals surface area contributed by atoms with Gasteiger partial charge in [0, 0.05) is 36.2 Å². The van der Waals surface area contributed by atoms with Gasteiger partial charge in [-0.15, -0.1) is 16.9 Å². The van der Waals surface area contributed by atoms with Gasteiger partial charge in [0.05, 0.1) is 17.9 Å². The molecule has 3 aromatic carbocycles. The van der Waals surface area contributed by atoms with Crippen molar-refractivity contribution in [3.05, 3.63) is 131 Å². The molecule has 0 aliphatic heterocycles. The first-order valence-electron chi connectivity index (χ1n) is 14.7. The molecule has 11 heteroatoms. The molecule has 1 atom stereocenters. The van der Waals surface area contributed by atoms with Crippen LogP contribution in [0, 0.1) is 11.8 Å². The summed E-state index contributed by atoms with van der Waals surface area (Å²) in [7, 11) is -1.16. The molecule has 7 nitrogen and oxygen atoms in total. The molecule has 0 fully saturated rings. The van der Waals surface area contributed by atoms with E-state index in [0.29, 0.717) is 27.9 Å². The number of methoxy groups -OCH3 is 1. The van der Waals surface area contributed by atoms with Crippen molar-refractivity contribution >= 4 is 30.8 Å². The minimum Gasteiger partial charge on any atom is -0.497 e. The highest BCUT2D eigenvalue weighted by Gasteiger charge is 2.38. The maximum absolute atomic E-state index is 13.5. The highest BCUT2D eigenvalue weighted by atomic mass is 32.2. The van der Waals surface area contributed by atoms with Crippen LogP contribution in [0.1, 0.15) is 42.5 Å². The highest BCUT2D eigenvalue weighted by Crippen LogP contribution is 2.48. The van der Waals surface area contributed by atoms with E-state index in [0.717, 1.165) is 22.4 Å². The lowest BCUT2D eigenvalue weighted by molar-refractivity contribution is -0.121. The molecule has 0 bridgehead atoms. The Morgan fingerprint density at radius 1 is 0.978 bits per heavy atom. The molecule has 4 rings (SSSR count). The summed E-state index contributed by atoms with van der Waals surface area (Å²) in [5.41, 5.74) is 10.6. The zero-order valence-electron chi connectivity index (χ0n) is 26.0. The second-order valence-electron chi connectivity index (χ2n) is 10.5. The van der Waals surface area contributed by atoms with Gasteiger partial charge in [0.15, 0.2) is 0 Å². The standard InChI is InChI=1S/C35H36BF2N5O2S/c1-26(2)41-42-33-22-17-27(24-43(33)36(37)38)12-10-11-23-40-34(44)32(39)25-46-35(28-13-6-4-7-14-28,29-15-8-5-9-16-29)30-18-20-31(45-3)21-19-30/h4-9,13-22,24,32H,11,23,25,39H2,1-3H3,(H,40,44)/b42-33+/t32-/m0/s1. The molecule has 46 heavy (non-hydrogen) atoms. The SMILES string of the molecule is COc1ccc(C(SC[C@H](N)C(=O)NCCC#Cc2cc/c(=N\N=C(C)C)n(B(F)F)c2)(c2ccccc2)c2ccccc2)cc1. The van der Waals surface area contributed by atoms with Crippen LogP contribution >= 0.6 is 11.8 Å². The van der Waals surface area contributed by atoms with Crippen LogP contribution in [0.4, 0.5) is 8.63 Å². The summed E-state index contributed by atoms with van der Waals surface area (Å²) in [6.45, 7) is 3.72. The number of nitrogens with two attached hydrogens (primary N) is 1. The van der Waals surface area contributed by atoms with Gasteiger partial charge in [-0.05, 0) is 54.8 Å². The summed E-state index contributed by atoms with van der Waals surface area (Å²) in [4.78, 5) is 13.0. The van der Waals surface area contributed by atoms with Gasteiger partial charge in [0.25, 0.3) is 0 Å². The van der Waals surface area contributed by atoms with Crippen LogP contribution in [0.15, 0.2) is 113 Å². The zero-order chi connectivity index (χ0) is 32.9. The summed E-state index contributed by atoms with van der Waals surface area (Å²) in [6.07, 6.45) is 1.55. The second kappa shape index (κ2) is 16.6. The number of rotatable bonds is 12. The van der Waals surface area contributed by atoms with E-state index < -0.39 is 18.2 Å². The highest BCUT2D eigenvalue weighted by molar-refractivity contribution is 8.00. The van der Waals surface area contributed by atoms with Crippen LogP contribution in [0.25, 0.3) is 0 Å². The third-order valence-electron chi connectivity index (χ3n) is 6.97. The number of nitrogens with zero attached hydrogens (tertiary/aromatic N) is 3. The van der Waals surface area contributed by atoms with E-state index in [1.54, 1.807) is 38.8 Å². The van der Waals surface area contributed by atoms with Crippen LogP contribution in [0.2, 0.25) is 0 Å². The van der Waals surface area contributed by atoms with Crippen molar-refractivity contribution in [3.8, 4) is 17.6 Å². The first kappa shape index (κ1) is 34.2. The lowest BCUT2D eigenvalue weighted by Gasteiger charge is -2.36. The molecular formula is C35H36BF2N5O2S. The van der Waals surface area contributed by atoms with Crippen LogP contribution in [-0.4, -0.2) is 48.9 Å². The average molecular weight is 640 g/mol. The molecule has 0 saturated heterocycles. The predicted octanol–water partition coefficient (Wildman–Crippen LogP) is 5.48. The minimum atomic E-state index is -2.79. The molecule has 0 saturated carbocycles. The van der Waals surface area contributed by atoms with Crippen molar-refractivity contribution in [3.63, 3.8) is 0 Å². The summed E-state index contributed by atoms with van der Waals surface area (Å²) in [5, 5.41) is 10.6. The van der Waals surface area contributed by atoms with E-state index in [2.05, 4.69) is 51.6 Å². The molecule has 1 amide bonds. The Hall–Kier alpha value is -4.66. The number of ether oxygens (including phenoxy) is 1. The number of thioether (sulfide) groups is 1. The first-order valence-corrected chi connectivity index (χ1v) is 15.7. The van der Waals surface area contributed by atoms with Gasteiger partial charge in [-0.2, -0.15) is 5.10 Å². The molecule has 0 aliphatic rings. The van der Waals surface area contributed by atoms with Crippen molar-refractivity contribution in [2.75, 3.05) is 19.4 Å². The van der Waals surface area contributed by atoms with Crippen LogP contribution in [-0.2, 0) is 9.54 Å². The lowest BCUT2D eigenvalue weighted by atomic mass is 9.84. The average Bonchev–Trinajstić information content (AvgIpc) is 3.08. The Balaban J connectivity index is 1.46. The fraction of sp³-hybridized carbons (Fsp3) is 0.229. The van der Waals surface area contributed by atoms with Crippen LogP contribution < -0.4 is 21.3 Å². The van der Waals surface area contributed by atoms with Crippen LogP contribution in [0.3, 0.4) is 0 Å². The Morgan fingerprint density at radius 2 is 1.59 bits per heavy atom. The number of benzene rings is 3. The molecule has 3 N–H and O–H groups in total. The van der Waals surface area contributed by atoms with Crippen molar-refractivity contribution in [1.29, 1.82) is 0 Å². The van der Waals surface area contributed by atoms with Gasteiger partial charge in [-0.1, -0.05) is 84.6 Å². The Morgan fingerprint density at radius 3 is 2.15 bits per heavy atom. The third-order valence-corrected chi connectivity index (χ3v) is 8.64. The van der Waals surface area contributed by atoms with Gasteiger partial charge < -0.3 is 20.3 Å². The number of amides is 1. The minimum absolute atomic E-state index is 0.0245. The number of carbonyl (C=O) groups is 1. The number of pyridine rings is 1. The topological polar surface area (TPSA) is 94.0 Å². The van der Waals surface area contributed by atoms with Gasteiger partial charge >= 0.3 is 7.40 Å². The molecule has 0 radical (unpaired) electrons. The van der Waals surface area contributed by atoms with E-state index in [1.165, 1.54) is 12.3 Å². The van der Waals surface area contributed by atoms with E-state index >= 15 is 0 Å². The number of aromatic nitrogens is 1. The third kappa shape index (κ3) is 8.74. The Labute approximate surface area is 273 Å². The molecule has 4 aromatic rings. The number of carbonyl (C=O) groups excluding carboxylic acids is 1. The largest absolute Gasteiger partial charge is 0.678 e. The fourth-order valence-electron chi connectivity index (χ4n) is 4.73. The van der Waals surface area contributed by atoms with E-state index in [-0.39, 0.29) is 17.9 Å². The summed E-state index contributed by atoms with van der Waals surface area (Å²) in [5.74, 6) is 6.57. The van der Waals surface area contributed by atoms with Crippen molar-refractivity contribution in [2.24, 2.45) is 15.9 Å². The number of halogens is 2. The first-order chi connectivity index (χ1) is 22.2. The molecule has 0 unspecified atom stereocenters. The molecule has 0 aliphatic carbocycles.